The van der Waals surface area contributed by atoms with Gasteiger partial charge in [-0.1, -0.05) is 47.5 Å². The Bertz CT molecular complexity index is 2630. The van der Waals surface area contributed by atoms with Crippen molar-refractivity contribution in [1.82, 2.24) is 13.1 Å². The maximum absolute atomic E-state index is 14.6. The van der Waals surface area contributed by atoms with Crippen LogP contribution in [0.25, 0.3) is 10.8 Å². The van der Waals surface area contributed by atoms with Crippen molar-refractivity contribution >= 4 is 71.7 Å². The molecule has 4 aromatic carbocycles. The third-order valence-electron chi connectivity index (χ3n) is 12.2. The Hall–Kier alpha value is -4.39. The van der Waals surface area contributed by atoms with E-state index in [1.54, 1.807) is 42.2 Å². The summed E-state index contributed by atoms with van der Waals surface area (Å²) in [6, 6.07) is 15.0. The molecule has 0 saturated carbocycles. The highest BCUT2D eigenvalue weighted by atomic mass is 35.5. The van der Waals surface area contributed by atoms with E-state index in [9.17, 15) is 44.4 Å². The fourth-order valence-corrected chi connectivity index (χ4v) is 13.2. The predicted octanol–water partition coefficient (Wildman–Crippen LogP) is 7.45. The third kappa shape index (κ3) is 6.83. The Labute approximate surface area is 344 Å². The SMILES string of the molecule is Cc1ccc2c(c1)COC(=O)N2C1CCN(S(=O)(=O)c2c(C)ccc3c([N+]4(C5CCN(S(=O)(=O)c6cc(C(F)(F)F)ccc6Cl)CC5)C(=O)CCC4=O)cccc23)CC1. The number of benzene rings is 4. The zero-order valence-corrected chi connectivity index (χ0v) is 34.6. The van der Waals surface area contributed by atoms with Crippen molar-refractivity contribution in [3.05, 3.63) is 94.0 Å². The first-order valence-electron chi connectivity index (χ1n) is 19.3. The molecule has 0 unspecified atom stereocenters. The standard InChI is InChI=1S/C41H41ClF3N4O8S2/c1-25-6-11-34-27(22-25)24-57-40(52)48(34)29-14-18-47(19-15-29)59(55,56)39-26(2)7-9-31-32(39)4-3-5-35(31)49(37(50)12-13-38(49)51)30-16-20-46(21-17-30)58(53,54)36-23-28(41(43,44)45)8-10-33(36)42/h3-11,22-23,29-30H,12-21,24H2,1-2H3/q+1. The molecule has 0 radical (unpaired) electrons. The van der Waals surface area contributed by atoms with Crippen molar-refractivity contribution in [3.8, 4) is 0 Å². The highest BCUT2D eigenvalue weighted by Gasteiger charge is 2.58. The number of amides is 3. The summed E-state index contributed by atoms with van der Waals surface area (Å²) in [4.78, 5) is 42.2. The summed E-state index contributed by atoms with van der Waals surface area (Å²) in [5, 5.41) is 0.323. The molecule has 0 aliphatic carbocycles. The van der Waals surface area contributed by atoms with Gasteiger partial charge in [0.15, 0.2) is 5.69 Å². The number of imide groups is 1. The van der Waals surface area contributed by atoms with Crippen molar-refractivity contribution in [2.24, 2.45) is 0 Å². The summed E-state index contributed by atoms with van der Waals surface area (Å²) in [6.07, 6.45) is -4.71. The molecule has 4 aromatic rings. The molecule has 0 aromatic heterocycles. The van der Waals surface area contributed by atoms with Crippen LogP contribution in [0.2, 0.25) is 5.02 Å². The summed E-state index contributed by atoms with van der Waals surface area (Å²) in [6.45, 7) is 3.63. The van der Waals surface area contributed by atoms with Crippen molar-refractivity contribution in [3.63, 3.8) is 0 Å². The molecule has 0 atom stereocenters. The molecule has 0 N–H and O–H groups in total. The third-order valence-corrected chi connectivity index (χ3v) is 16.7. The number of hydrogen-bond acceptors (Lipinski definition) is 8. The molecule has 59 heavy (non-hydrogen) atoms. The van der Waals surface area contributed by atoms with Gasteiger partial charge in [-0.05, 0) is 62.6 Å². The maximum Gasteiger partial charge on any atom is 0.416 e. The van der Waals surface area contributed by atoms with Crippen LogP contribution in [0.4, 0.5) is 29.3 Å². The van der Waals surface area contributed by atoms with Crippen LogP contribution < -0.4 is 9.38 Å². The van der Waals surface area contributed by atoms with Gasteiger partial charge in [0, 0.05) is 67.5 Å². The van der Waals surface area contributed by atoms with E-state index >= 15 is 0 Å². The molecule has 3 fully saturated rings. The van der Waals surface area contributed by atoms with Gasteiger partial charge in [0.05, 0.1) is 34.0 Å². The monoisotopic (exact) mass is 873 g/mol. The number of carbonyl (C=O) groups is 3. The van der Waals surface area contributed by atoms with Gasteiger partial charge in [0.1, 0.15) is 17.5 Å². The highest BCUT2D eigenvalue weighted by Crippen LogP contribution is 2.45. The summed E-state index contributed by atoms with van der Waals surface area (Å²) < 4.78 is 104. The van der Waals surface area contributed by atoms with Crippen molar-refractivity contribution < 1.29 is 49.1 Å². The van der Waals surface area contributed by atoms with Crippen molar-refractivity contribution in [2.45, 2.75) is 87.0 Å². The summed E-state index contributed by atoms with van der Waals surface area (Å²) in [5.74, 6) is -0.825. The molecular weight excluding hydrogens is 833 g/mol. The van der Waals surface area contributed by atoms with E-state index in [4.69, 9.17) is 16.3 Å². The van der Waals surface area contributed by atoms with Gasteiger partial charge in [-0.15, -0.1) is 0 Å². The summed E-state index contributed by atoms with van der Waals surface area (Å²) in [5.41, 5.74) is 2.23. The lowest BCUT2D eigenvalue weighted by atomic mass is 9.97. The Morgan fingerprint density at radius 1 is 0.763 bits per heavy atom. The first-order chi connectivity index (χ1) is 27.9. The average molecular weight is 874 g/mol. The van der Waals surface area contributed by atoms with Crippen molar-refractivity contribution in [1.29, 1.82) is 0 Å². The number of rotatable bonds is 7. The number of nitrogens with zero attached hydrogens (tertiary/aromatic N) is 4. The first-order valence-corrected chi connectivity index (χ1v) is 22.5. The smallest absolute Gasteiger partial charge is 0.416 e. The number of halogens is 4. The topological polar surface area (TPSA) is 138 Å². The Morgan fingerprint density at radius 2 is 1.41 bits per heavy atom. The number of piperidine rings is 2. The lowest BCUT2D eigenvalue weighted by Crippen LogP contribution is -2.63. The van der Waals surface area contributed by atoms with Crippen LogP contribution in [0.5, 0.6) is 0 Å². The second kappa shape index (κ2) is 15.0. The highest BCUT2D eigenvalue weighted by molar-refractivity contribution is 7.89. The molecule has 0 spiro atoms. The zero-order valence-electron chi connectivity index (χ0n) is 32.2. The van der Waals surface area contributed by atoms with Crippen LogP contribution in [-0.4, -0.2) is 81.6 Å². The van der Waals surface area contributed by atoms with Gasteiger partial charge < -0.3 is 4.74 Å². The molecule has 4 aliphatic heterocycles. The maximum atomic E-state index is 14.6. The number of anilines is 1. The number of ether oxygens (including phenoxy) is 1. The molecule has 4 aliphatic rings. The van der Waals surface area contributed by atoms with Crippen LogP contribution in [-0.2, 0) is 47.2 Å². The Kier molecular flexibility index (Phi) is 10.5. The molecule has 12 nitrogen and oxygen atoms in total. The van der Waals surface area contributed by atoms with Crippen LogP contribution >= 0.6 is 11.6 Å². The average Bonchev–Trinajstić information content (AvgIpc) is 3.50. The van der Waals surface area contributed by atoms with Gasteiger partial charge in [0.25, 0.3) is 0 Å². The zero-order chi connectivity index (χ0) is 42.2. The quantitative estimate of drug-likeness (QED) is 0.138. The Balaban J connectivity index is 1.09. The fourth-order valence-electron chi connectivity index (χ4n) is 9.33. The molecule has 8 rings (SSSR count). The number of aryl methyl sites for hydroxylation is 2. The van der Waals surface area contributed by atoms with Crippen LogP contribution in [0.1, 0.15) is 60.8 Å². The fraction of sp³-hybridized carbons (Fsp3) is 0.390. The summed E-state index contributed by atoms with van der Waals surface area (Å²) >= 11 is 6.12. The molecular formula is C41H41ClF3N4O8S2+. The number of fused-ring (bicyclic) bond motifs is 2. The van der Waals surface area contributed by atoms with E-state index in [0.29, 0.717) is 41.3 Å². The lowest BCUT2D eigenvalue weighted by Gasteiger charge is -2.41. The van der Waals surface area contributed by atoms with E-state index in [1.807, 2.05) is 25.1 Å². The first kappa shape index (κ1) is 41.3. The second-order valence-electron chi connectivity index (χ2n) is 15.6. The largest absolute Gasteiger partial charge is 0.444 e. The van der Waals surface area contributed by atoms with Gasteiger partial charge >= 0.3 is 24.1 Å². The molecule has 4 heterocycles. The summed E-state index contributed by atoms with van der Waals surface area (Å²) in [7, 11) is -8.67. The van der Waals surface area contributed by atoms with Crippen LogP contribution in [0.15, 0.2) is 76.5 Å². The van der Waals surface area contributed by atoms with E-state index in [-0.39, 0.29) is 80.1 Å². The van der Waals surface area contributed by atoms with Crippen LogP contribution in [0, 0.1) is 13.8 Å². The van der Waals surface area contributed by atoms with E-state index in [2.05, 4.69) is 0 Å². The number of cyclic esters (lactones) is 1. The molecule has 3 amide bonds. The minimum absolute atomic E-state index is 0.00425. The lowest BCUT2D eigenvalue weighted by molar-refractivity contribution is -0.141. The van der Waals surface area contributed by atoms with Crippen molar-refractivity contribution in [2.75, 3.05) is 31.1 Å². The predicted molar refractivity (Wildman–Crippen MR) is 214 cm³/mol. The van der Waals surface area contributed by atoms with E-state index in [1.165, 1.54) is 4.31 Å². The molecule has 18 heteroatoms. The number of carbonyl (C=O) groups excluding carboxylic acids is 3. The Morgan fingerprint density at radius 3 is 2.07 bits per heavy atom. The number of likely N-dealkylation sites (tertiary alicyclic amines) is 1. The normalized spacial score (nSPS) is 20.3. The minimum atomic E-state index is -4.81. The van der Waals surface area contributed by atoms with Gasteiger partial charge in [-0.2, -0.15) is 26.3 Å². The second-order valence-corrected chi connectivity index (χ2v) is 19.8. The van der Waals surface area contributed by atoms with Crippen LogP contribution in [0.3, 0.4) is 0 Å². The molecule has 0 bridgehead atoms. The number of sulfonamides is 2. The van der Waals surface area contributed by atoms with E-state index in [0.717, 1.165) is 27.2 Å². The van der Waals surface area contributed by atoms with Gasteiger partial charge in [-0.3, -0.25) is 4.90 Å². The number of hydrogen-bond donors (Lipinski definition) is 0. The van der Waals surface area contributed by atoms with E-state index < -0.39 is 65.1 Å². The van der Waals surface area contributed by atoms with Gasteiger partial charge in [-0.25, -0.2) is 31.2 Å². The minimum Gasteiger partial charge on any atom is -0.444 e. The molecule has 3 saturated heterocycles. The molecule has 312 valence electrons. The van der Waals surface area contributed by atoms with Gasteiger partial charge in [0.2, 0.25) is 20.0 Å². The number of quaternary nitrogens is 1. The number of alkyl halides is 3.